The van der Waals surface area contributed by atoms with E-state index in [-0.39, 0.29) is 11.7 Å². The number of carbonyl (C=O) groups excluding carboxylic acids is 1. The average Bonchev–Trinajstić information content (AvgIpc) is 3.19. The van der Waals surface area contributed by atoms with E-state index in [2.05, 4.69) is 26.0 Å². The molecule has 1 amide bonds. The van der Waals surface area contributed by atoms with Gasteiger partial charge in [0.15, 0.2) is 5.82 Å². The van der Waals surface area contributed by atoms with E-state index in [1.807, 2.05) is 12.1 Å². The smallest absolute Gasteiger partial charge is 0.336 e. The minimum absolute atomic E-state index is 0.212. The van der Waals surface area contributed by atoms with E-state index < -0.39 is 11.7 Å². The van der Waals surface area contributed by atoms with Crippen molar-refractivity contribution in [2.75, 3.05) is 7.05 Å². The van der Waals surface area contributed by atoms with Crippen LogP contribution in [0.2, 0.25) is 0 Å². The first kappa shape index (κ1) is 19.6. The molecule has 3 rings (SSSR count). The summed E-state index contributed by atoms with van der Waals surface area (Å²) in [6, 6.07) is 6.01. The minimum atomic E-state index is -4.45. The third-order valence-corrected chi connectivity index (χ3v) is 5.51. The Morgan fingerprint density at radius 2 is 2.00 bits per heavy atom. The fourth-order valence-corrected chi connectivity index (χ4v) is 4.01. The summed E-state index contributed by atoms with van der Waals surface area (Å²) in [6.07, 6.45) is -2.30. The van der Waals surface area contributed by atoms with Gasteiger partial charge in [-0.15, -0.1) is 11.3 Å². The van der Waals surface area contributed by atoms with Crippen molar-refractivity contribution in [3.8, 4) is 5.82 Å². The molecule has 0 atom stereocenters. The maximum atomic E-state index is 12.7. The minimum Gasteiger partial charge on any atom is -0.336 e. The van der Waals surface area contributed by atoms with Gasteiger partial charge in [0.25, 0.3) is 5.91 Å². The van der Waals surface area contributed by atoms with Crippen LogP contribution < -0.4 is 0 Å². The zero-order chi connectivity index (χ0) is 19.8. The highest BCUT2D eigenvalue weighted by molar-refractivity contribution is 9.11. The van der Waals surface area contributed by atoms with Gasteiger partial charge in [-0.1, -0.05) is 0 Å². The van der Waals surface area contributed by atoms with Crippen molar-refractivity contribution in [3.05, 3.63) is 62.1 Å². The number of hydrogen-bond acceptors (Lipinski definition) is 4. The van der Waals surface area contributed by atoms with E-state index in [4.69, 9.17) is 0 Å². The monoisotopic (exact) mass is 458 g/mol. The van der Waals surface area contributed by atoms with Crippen LogP contribution in [-0.4, -0.2) is 32.6 Å². The van der Waals surface area contributed by atoms with E-state index in [1.54, 1.807) is 18.9 Å². The number of rotatable bonds is 4. The van der Waals surface area contributed by atoms with Gasteiger partial charge in [0.1, 0.15) is 0 Å². The van der Waals surface area contributed by atoms with Crippen LogP contribution in [0, 0.1) is 6.92 Å². The summed E-state index contributed by atoms with van der Waals surface area (Å²) in [5, 5.41) is 4.11. The molecule has 0 bridgehead atoms. The van der Waals surface area contributed by atoms with E-state index >= 15 is 0 Å². The SMILES string of the molecule is Cc1c(C(=O)N(C)Cc2ccc(Br)s2)cnn1-c1ccc(C(F)(F)F)cn1. The number of amides is 1. The quantitative estimate of drug-likeness (QED) is 0.569. The van der Waals surface area contributed by atoms with Crippen LogP contribution in [0.15, 0.2) is 40.4 Å². The lowest BCUT2D eigenvalue weighted by Crippen LogP contribution is -2.26. The van der Waals surface area contributed by atoms with Gasteiger partial charge in [-0.25, -0.2) is 9.67 Å². The maximum absolute atomic E-state index is 12.7. The molecule has 0 saturated carbocycles. The van der Waals surface area contributed by atoms with Crippen molar-refractivity contribution in [1.29, 1.82) is 0 Å². The van der Waals surface area contributed by atoms with Crippen LogP contribution in [0.1, 0.15) is 26.5 Å². The predicted molar refractivity (Wildman–Crippen MR) is 98.9 cm³/mol. The Bertz CT molecular complexity index is 965. The Labute approximate surface area is 165 Å². The molecule has 5 nitrogen and oxygen atoms in total. The lowest BCUT2D eigenvalue weighted by molar-refractivity contribution is -0.137. The molecule has 27 heavy (non-hydrogen) atoms. The average molecular weight is 459 g/mol. The molecule has 0 aliphatic carbocycles. The molecule has 3 aromatic rings. The molecule has 10 heteroatoms. The third kappa shape index (κ3) is 4.22. The third-order valence-electron chi connectivity index (χ3n) is 3.90. The summed E-state index contributed by atoms with van der Waals surface area (Å²) >= 11 is 4.92. The van der Waals surface area contributed by atoms with Gasteiger partial charge in [0.2, 0.25) is 0 Å². The molecule has 0 N–H and O–H groups in total. The molecule has 0 radical (unpaired) electrons. The number of nitrogens with zero attached hydrogens (tertiary/aromatic N) is 4. The molecule has 0 aliphatic rings. The normalized spacial score (nSPS) is 11.6. The topological polar surface area (TPSA) is 51.0 Å². The molecule has 3 heterocycles. The Balaban J connectivity index is 1.81. The van der Waals surface area contributed by atoms with Crippen LogP contribution in [-0.2, 0) is 12.7 Å². The number of pyridine rings is 1. The summed E-state index contributed by atoms with van der Waals surface area (Å²) < 4.78 is 40.3. The molecule has 0 aliphatic heterocycles. The number of halogens is 4. The standard InChI is InChI=1S/C17H14BrF3N4OS/c1-10-13(16(26)24(2)9-12-4-5-14(18)27-12)8-23-25(10)15-6-3-11(7-22-15)17(19,20)21/h3-8H,9H2,1-2H3. The summed E-state index contributed by atoms with van der Waals surface area (Å²) in [6.45, 7) is 2.12. The zero-order valence-electron chi connectivity index (χ0n) is 14.3. The summed E-state index contributed by atoms with van der Waals surface area (Å²) in [5.41, 5.74) is 0.0375. The Kier molecular flexibility index (Phi) is 5.38. The summed E-state index contributed by atoms with van der Waals surface area (Å²) in [5.74, 6) is -0.0143. The molecule has 0 spiro atoms. The number of hydrogen-bond donors (Lipinski definition) is 0. The summed E-state index contributed by atoms with van der Waals surface area (Å²) in [4.78, 5) is 19.1. The van der Waals surface area contributed by atoms with Crippen molar-refractivity contribution in [2.45, 2.75) is 19.6 Å². The van der Waals surface area contributed by atoms with Crippen LogP contribution in [0.25, 0.3) is 5.82 Å². The van der Waals surface area contributed by atoms with Gasteiger partial charge in [0, 0.05) is 18.1 Å². The zero-order valence-corrected chi connectivity index (χ0v) is 16.7. The Morgan fingerprint density at radius 3 is 2.56 bits per heavy atom. The van der Waals surface area contributed by atoms with E-state index in [1.165, 1.54) is 28.3 Å². The van der Waals surface area contributed by atoms with E-state index in [0.717, 1.165) is 20.9 Å². The molecule has 142 valence electrons. The van der Waals surface area contributed by atoms with E-state index in [9.17, 15) is 18.0 Å². The van der Waals surface area contributed by atoms with Crippen molar-refractivity contribution < 1.29 is 18.0 Å². The lowest BCUT2D eigenvalue weighted by Gasteiger charge is -2.16. The number of thiophene rings is 1. The van der Waals surface area contributed by atoms with Crippen molar-refractivity contribution in [3.63, 3.8) is 0 Å². The second-order valence-electron chi connectivity index (χ2n) is 5.83. The lowest BCUT2D eigenvalue weighted by atomic mass is 10.2. The van der Waals surface area contributed by atoms with Crippen LogP contribution >= 0.6 is 27.3 Å². The number of alkyl halides is 3. The van der Waals surface area contributed by atoms with Gasteiger partial charge in [-0.05, 0) is 47.1 Å². The van der Waals surface area contributed by atoms with Gasteiger partial charge >= 0.3 is 6.18 Å². The molecular weight excluding hydrogens is 445 g/mol. The largest absolute Gasteiger partial charge is 0.417 e. The van der Waals surface area contributed by atoms with Crippen LogP contribution in [0.5, 0.6) is 0 Å². The van der Waals surface area contributed by atoms with E-state index in [0.29, 0.717) is 17.8 Å². The van der Waals surface area contributed by atoms with Crippen LogP contribution in [0.4, 0.5) is 13.2 Å². The molecule has 0 unspecified atom stereocenters. The highest BCUT2D eigenvalue weighted by Crippen LogP contribution is 2.29. The van der Waals surface area contributed by atoms with Crippen molar-refractivity contribution in [1.82, 2.24) is 19.7 Å². The second kappa shape index (κ2) is 7.43. The molecular formula is C17H14BrF3N4OS. The Hall–Kier alpha value is -2.20. The Morgan fingerprint density at radius 1 is 1.26 bits per heavy atom. The maximum Gasteiger partial charge on any atom is 0.417 e. The first-order chi connectivity index (χ1) is 12.7. The van der Waals surface area contributed by atoms with Crippen LogP contribution in [0.3, 0.4) is 0 Å². The molecule has 0 fully saturated rings. The first-order valence-corrected chi connectivity index (χ1v) is 9.35. The van der Waals surface area contributed by atoms with Gasteiger partial charge < -0.3 is 4.90 Å². The van der Waals surface area contributed by atoms with Gasteiger partial charge in [0.05, 0.1) is 33.3 Å². The highest BCUT2D eigenvalue weighted by Gasteiger charge is 2.31. The number of aromatic nitrogens is 3. The van der Waals surface area contributed by atoms with Crippen molar-refractivity contribution in [2.24, 2.45) is 0 Å². The molecule has 0 saturated heterocycles. The molecule has 3 aromatic heterocycles. The molecule has 0 aromatic carbocycles. The predicted octanol–water partition coefficient (Wildman–Crippen LogP) is 4.69. The van der Waals surface area contributed by atoms with Gasteiger partial charge in [-0.3, -0.25) is 4.79 Å². The fraction of sp³-hybridized carbons (Fsp3) is 0.235. The summed E-state index contributed by atoms with van der Waals surface area (Å²) in [7, 11) is 1.68. The number of carbonyl (C=O) groups is 1. The van der Waals surface area contributed by atoms with Crippen molar-refractivity contribution >= 4 is 33.2 Å². The highest BCUT2D eigenvalue weighted by atomic mass is 79.9. The van der Waals surface area contributed by atoms with Gasteiger partial charge in [-0.2, -0.15) is 18.3 Å². The second-order valence-corrected chi connectivity index (χ2v) is 8.37. The fourth-order valence-electron chi connectivity index (χ4n) is 2.48. The first-order valence-electron chi connectivity index (χ1n) is 7.74.